The molecule has 0 amide bonds. The summed E-state index contributed by atoms with van der Waals surface area (Å²) in [5.74, 6) is 1.02. The van der Waals surface area contributed by atoms with Gasteiger partial charge in [-0.15, -0.1) is 0 Å². The molecule has 0 unspecified atom stereocenters. The molecule has 0 heterocycles. The minimum absolute atomic E-state index is 0.000141. The highest BCUT2D eigenvalue weighted by atomic mass is 16.5. The van der Waals surface area contributed by atoms with Crippen molar-refractivity contribution in [2.24, 2.45) is 11.8 Å². The summed E-state index contributed by atoms with van der Waals surface area (Å²) >= 11 is 0. The Kier molecular flexibility index (Phi) is 6.62. The number of ether oxygens (including phenoxy) is 1. The van der Waals surface area contributed by atoms with Gasteiger partial charge in [0, 0.05) is 6.08 Å². The number of hydrogen-bond donors (Lipinski definition) is 0. The molecule has 1 aromatic rings. The van der Waals surface area contributed by atoms with E-state index in [0.717, 1.165) is 32.1 Å². The molecular weight excluding hydrogens is 286 g/mol. The Morgan fingerprint density at radius 3 is 2.52 bits per heavy atom. The van der Waals surface area contributed by atoms with Gasteiger partial charge in [0.25, 0.3) is 0 Å². The number of nitriles is 1. The van der Waals surface area contributed by atoms with Crippen LogP contribution in [0.15, 0.2) is 48.6 Å². The van der Waals surface area contributed by atoms with Crippen molar-refractivity contribution in [1.29, 1.82) is 5.26 Å². The smallest absolute Gasteiger partial charge is 0.314 e. The van der Waals surface area contributed by atoms with E-state index in [1.807, 2.05) is 36.4 Å². The zero-order valence-electron chi connectivity index (χ0n) is 13.6. The second kappa shape index (κ2) is 8.95. The second-order valence-corrected chi connectivity index (χ2v) is 5.90. The van der Waals surface area contributed by atoms with E-state index in [0.29, 0.717) is 11.7 Å². The van der Waals surface area contributed by atoms with Gasteiger partial charge in [-0.2, -0.15) is 5.26 Å². The summed E-state index contributed by atoms with van der Waals surface area (Å²) < 4.78 is 5.50. The standard InChI is InChI=1S/C20H23NO2/c1-2-16-9-13-19(14-10-16)23-20(22)18-11-7-17(8-12-18)6-4-3-5-15-21/h3-6,9-10,13-14,17-18H,2,7-8,11-12H2,1H3. The lowest BCUT2D eigenvalue weighted by Gasteiger charge is -2.25. The first kappa shape index (κ1) is 17.0. The number of benzene rings is 1. The van der Waals surface area contributed by atoms with Crippen LogP contribution < -0.4 is 4.74 Å². The summed E-state index contributed by atoms with van der Waals surface area (Å²) in [5.41, 5.74) is 1.24. The van der Waals surface area contributed by atoms with Crippen molar-refractivity contribution in [1.82, 2.24) is 0 Å². The molecule has 23 heavy (non-hydrogen) atoms. The third-order valence-corrected chi connectivity index (χ3v) is 4.32. The number of esters is 1. The minimum Gasteiger partial charge on any atom is -0.426 e. The minimum atomic E-state index is -0.110. The predicted octanol–water partition coefficient (Wildman–Crippen LogP) is 4.60. The van der Waals surface area contributed by atoms with Gasteiger partial charge in [0.15, 0.2) is 0 Å². The van der Waals surface area contributed by atoms with Crippen molar-refractivity contribution in [2.45, 2.75) is 39.0 Å². The van der Waals surface area contributed by atoms with E-state index in [1.54, 1.807) is 6.08 Å². The van der Waals surface area contributed by atoms with Crippen molar-refractivity contribution >= 4 is 5.97 Å². The molecule has 1 saturated carbocycles. The van der Waals surface area contributed by atoms with Gasteiger partial charge < -0.3 is 4.74 Å². The fourth-order valence-corrected chi connectivity index (χ4v) is 2.86. The third-order valence-electron chi connectivity index (χ3n) is 4.32. The molecule has 1 aliphatic rings. The third kappa shape index (κ3) is 5.41. The second-order valence-electron chi connectivity index (χ2n) is 5.90. The highest BCUT2D eigenvalue weighted by Gasteiger charge is 2.26. The molecule has 1 fully saturated rings. The zero-order valence-corrected chi connectivity index (χ0v) is 13.6. The van der Waals surface area contributed by atoms with Gasteiger partial charge in [0.1, 0.15) is 5.75 Å². The van der Waals surface area contributed by atoms with E-state index in [4.69, 9.17) is 10.00 Å². The summed E-state index contributed by atoms with van der Waals surface area (Å²) in [4.78, 5) is 12.2. The highest BCUT2D eigenvalue weighted by molar-refractivity contribution is 5.75. The van der Waals surface area contributed by atoms with E-state index in [-0.39, 0.29) is 11.9 Å². The molecule has 0 bridgehead atoms. The van der Waals surface area contributed by atoms with Gasteiger partial charge in [-0.1, -0.05) is 37.3 Å². The van der Waals surface area contributed by atoms with Gasteiger partial charge in [-0.3, -0.25) is 4.79 Å². The number of aryl methyl sites for hydroxylation is 1. The van der Waals surface area contributed by atoms with Gasteiger partial charge >= 0.3 is 5.97 Å². The first-order chi connectivity index (χ1) is 11.2. The molecule has 0 spiro atoms. The Bertz CT molecular complexity index is 600. The quantitative estimate of drug-likeness (QED) is 0.346. The molecule has 1 aliphatic carbocycles. The molecule has 0 N–H and O–H groups in total. The van der Waals surface area contributed by atoms with Crippen molar-refractivity contribution in [3.63, 3.8) is 0 Å². The van der Waals surface area contributed by atoms with Crippen LogP contribution in [0.1, 0.15) is 38.2 Å². The van der Waals surface area contributed by atoms with Crippen LogP contribution in [0.25, 0.3) is 0 Å². The van der Waals surface area contributed by atoms with Crippen molar-refractivity contribution < 1.29 is 9.53 Å². The molecule has 120 valence electrons. The van der Waals surface area contributed by atoms with Crippen LogP contribution in [0.4, 0.5) is 0 Å². The zero-order chi connectivity index (χ0) is 16.5. The number of hydrogen-bond acceptors (Lipinski definition) is 3. The maximum atomic E-state index is 12.2. The number of nitrogens with zero attached hydrogens (tertiary/aromatic N) is 1. The predicted molar refractivity (Wildman–Crippen MR) is 90.8 cm³/mol. The molecular formula is C20H23NO2. The lowest BCUT2D eigenvalue weighted by molar-refractivity contribution is -0.140. The molecule has 0 atom stereocenters. The average molecular weight is 309 g/mol. The summed E-state index contributed by atoms with van der Waals surface area (Å²) in [6.07, 6.45) is 11.9. The lowest BCUT2D eigenvalue weighted by Crippen LogP contribution is -2.25. The van der Waals surface area contributed by atoms with Crippen LogP contribution in [0, 0.1) is 23.2 Å². The van der Waals surface area contributed by atoms with Gasteiger partial charge in [0.2, 0.25) is 0 Å². The topological polar surface area (TPSA) is 50.1 Å². The van der Waals surface area contributed by atoms with Crippen molar-refractivity contribution in [3.8, 4) is 11.8 Å². The maximum absolute atomic E-state index is 12.2. The molecule has 3 nitrogen and oxygen atoms in total. The van der Waals surface area contributed by atoms with Crippen molar-refractivity contribution in [3.05, 3.63) is 54.1 Å². The molecule has 0 saturated heterocycles. The lowest BCUT2D eigenvalue weighted by atomic mass is 9.82. The van der Waals surface area contributed by atoms with Gasteiger partial charge in [-0.05, 0) is 55.7 Å². The Morgan fingerprint density at radius 2 is 1.91 bits per heavy atom. The van der Waals surface area contributed by atoms with Gasteiger partial charge in [0.05, 0.1) is 12.0 Å². The fourth-order valence-electron chi connectivity index (χ4n) is 2.86. The number of allylic oxidation sites excluding steroid dienone is 4. The fraction of sp³-hybridized carbons (Fsp3) is 0.400. The molecule has 2 rings (SSSR count). The molecule has 0 aliphatic heterocycles. The van der Waals surface area contributed by atoms with E-state index < -0.39 is 0 Å². The first-order valence-electron chi connectivity index (χ1n) is 8.26. The summed E-state index contributed by atoms with van der Waals surface area (Å²) in [7, 11) is 0. The Hall–Kier alpha value is -2.34. The summed E-state index contributed by atoms with van der Waals surface area (Å²) in [6, 6.07) is 9.70. The summed E-state index contributed by atoms with van der Waals surface area (Å²) in [6.45, 7) is 2.10. The van der Waals surface area contributed by atoms with E-state index in [2.05, 4.69) is 13.0 Å². The monoisotopic (exact) mass is 309 g/mol. The molecule has 0 radical (unpaired) electrons. The van der Waals surface area contributed by atoms with E-state index in [1.165, 1.54) is 11.6 Å². The van der Waals surface area contributed by atoms with Crippen LogP contribution in [-0.4, -0.2) is 5.97 Å². The Labute approximate surface area is 138 Å². The summed E-state index contributed by atoms with van der Waals surface area (Å²) in [5, 5.41) is 8.43. The normalized spacial score (nSPS) is 21.4. The number of carbonyl (C=O) groups excluding carboxylic acids is 1. The van der Waals surface area contributed by atoms with Crippen LogP contribution >= 0.6 is 0 Å². The largest absolute Gasteiger partial charge is 0.426 e. The van der Waals surface area contributed by atoms with E-state index >= 15 is 0 Å². The first-order valence-corrected chi connectivity index (χ1v) is 8.26. The van der Waals surface area contributed by atoms with Crippen LogP contribution in [-0.2, 0) is 11.2 Å². The molecule has 0 aromatic heterocycles. The Balaban J connectivity index is 1.80. The van der Waals surface area contributed by atoms with Crippen LogP contribution in [0.3, 0.4) is 0 Å². The SMILES string of the molecule is CCc1ccc(OC(=O)C2CCC(C=CC=CC#N)CC2)cc1. The van der Waals surface area contributed by atoms with Gasteiger partial charge in [-0.25, -0.2) is 0 Å². The number of rotatable bonds is 5. The Morgan fingerprint density at radius 1 is 1.22 bits per heavy atom. The molecule has 3 heteroatoms. The van der Waals surface area contributed by atoms with Crippen molar-refractivity contribution in [2.75, 3.05) is 0 Å². The van der Waals surface area contributed by atoms with Crippen LogP contribution in [0.5, 0.6) is 5.75 Å². The highest BCUT2D eigenvalue weighted by Crippen LogP contribution is 2.30. The van der Waals surface area contributed by atoms with Crippen LogP contribution in [0.2, 0.25) is 0 Å². The molecule has 1 aromatic carbocycles. The average Bonchev–Trinajstić information content (AvgIpc) is 2.60. The maximum Gasteiger partial charge on any atom is 0.314 e. The van der Waals surface area contributed by atoms with E-state index in [9.17, 15) is 4.79 Å². The number of carbonyl (C=O) groups is 1.